The van der Waals surface area contributed by atoms with Gasteiger partial charge in [0.25, 0.3) is 0 Å². The Bertz CT molecular complexity index is 625. The van der Waals surface area contributed by atoms with Gasteiger partial charge < -0.3 is 20.1 Å². The molecule has 1 atom stereocenters. The van der Waals surface area contributed by atoms with E-state index >= 15 is 0 Å². The summed E-state index contributed by atoms with van der Waals surface area (Å²) in [7, 11) is 0. The molecule has 0 heterocycles. The van der Waals surface area contributed by atoms with Crippen LogP contribution in [-0.2, 0) is 25.5 Å². The first kappa shape index (κ1) is 21.8. The second-order valence-electron chi connectivity index (χ2n) is 8.19. The molecular weight excluding hydrogens is 368 g/mol. The first-order chi connectivity index (χ1) is 14.2. The first-order valence-corrected chi connectivity index (χ1v) is 11.0. The van der Waals surface area contributed by atoms with Gasteiger partial charge in [-0.3, -0.25) is 9.59 Å². The molecule has 0 unspecified atom stereocenters. The molecule has 2 aliphatic carbocycles. The van der Waals surface area contributed by atoms with Crippen molar-refractivity contribution in [3.05, 3.63) is 35.9 Å². The third kappa shape index (κ3) is 8.15. The van der Waals surface area contributed by atoms with E-state index in [1.165, 1.54) is 25.7 Å². The van der Waals surface area contributed by atoms with E-state index in [4.69, 9.17) is 9.47 Å². The molecule has 2 N–H and O–H groups in total. The van der Waals surface area contributed by atoms with Gasteiger partial charge in [-0.25, -0.2) is 0 Å². The van der Waals surface area contributed by atoms with Crippen LogP contribution in [0.15, 0.2) is 30.3 Å². The quantitative estimate of drug-likeness (QED) is 0.597. The average Bonchev–Trinajstić information content (AvgIpc) is 3.44. The molecular formula is C23H34N2O4. The molecule has 1 aromatic rings. The van der Waals surface area contributed by atoms with Crippen molar-refractivity contribution >= 4 is 11.8 Å². The molecule has 0 radical (unpaired) electrons. The predicted molar refractivity (Wildman–Crippen MR) is 112 cm³/mol. The maximum Gasteiger partial charge on any atom is 0.246 e. The van der Waals surface area contributed by atoms with E-state index in [0.717, 1.165) is 31.2 Å². The topological polar surface area (TPSA) is 76.7 Å². The second-order valence-corrected chi connectivity index (χ2v) is 8.19. The average molecular weight is 403 g/mol. The molecule has 6 heteroatoms. The molecule has 1 aromatic carbocycles. The van der Waals surface area contributed by atoms with Gasteiger partial charge in [-0.2, -0.15) is 0 Å². The third-order valence-electron chi connectivity index (χ3n) is 5.74. The van der Waals surface area contributed by atoms with Gasteiger partial charge in [0.15, 0.2) is 0 Å². The normalized spacial score (nSPS) is 18.6. The van der Waals surface area contributed by atoms with E-state index in [-0.39, 0.29) is 43.3 Å². The van der Waals surface area contributed by atoms with Crippen molar-refractivity contribution in [3.8, 4) is 0 Å². The summed E-state index contributed by atoms with van der Waals surface area (Å²) >= 11 is 0. The Hall–Kier alpha value is -1.92. The van der Waals surface area contributed by atoms with Crippen LogP contribution < -0.4 is 10.6 Å². The van der Waals surface area contributed by atoms with Crippen LogP contribution in [0.25, 0.3) is 0 Å². The lowest BCUT2D eigenvalue weighted by Gasteiger charge is -2.21. The summed E-state index contributed by atoms with van der Waals surface area (Å²) in [6, 6.07) is 9.79. The van der Waals surface area contributed by atoms with Crippen molar-refractivity contribution < 1.29 is 19.1 Å². The maximum absolute atomic E-state index is 12.4. The molecule has 0 aromatic heterocycles. The van der Waals surface area contributed by atoms with E-state index in [1.807, 2.05) is 30.3 Å². The zero-order valence-corrected chi connectivity index (χ0v) is 17.2. The molecule has 0 spiro atoms. The maximum atomic E-state index is 12.4. The number of ether oxygens (including phenoxy) is 2. The van der Waals surface area contributed by atoms with Gasteiger partial charge in [-0.15, -0.1) is 0 Å². The van der Waals surface area contributed by atoms with Crippen molar-refractivity contribution in [1.82, 2.24) is 10.6 Å². The zero-order valence-electron chi connectivity index (χ0n) is 17.2. The molecule has 6 nitrogen and oxygen atoms in total. The summed E-state index contributed by atoms with van der Waals surface area (Å²) in [6.45, 7) is 0.535. The third-order valence-corrected chi connectivity index (χ3v) is 5.74. The van der Waals surface area contributed by atoms with Gasteiger partial charge in [0.2, 0.25) is 11.8 Å². The van der Waals surface area contributed by atoms with Crippen molar-refractivity contribution in [2.24, 2.45) is 0 Å². The van der Waals surface area contributed by atoms with Crippen molar-refractivity contribution in [3.63, 3.8) is 0 Å². The van der Waals surface area contributed by atoms with Crippen LogP contribution >= 0.6 is 0 Å². The minimum atomic E-state index is -0.187. The molecule has 0 aliphatic heterocycles. The fourth-order valence-corrected chi connectivity index (χ4v) is 4.13. The second kappa shape index (κ2) is 11.9. The van der Waals surface area contributed by atoms with E-state index in [2.05, 4.69) is 10.6 Å². The molecule has 2 aliphatic rings. The number of amides is 2. The number of carbonyl (C=O) groups excluding carboxylic acids is 2. The van der Waals surface area contributed by atoms with Gasteiger partial charge >= 0.3 is 0 Å². The highest BCUT2D eigenvalue weighted by Crippen LogP contribution is 2.21. The number of rotatable bonds is 11. The highest BCUT2D eigenvalue weighted by molar-refractivity contribution is 5.78. The van der Waals surface area contributed by atoms with E-state index in [9.17, 15) is 9.59 Å². The summed E-state index contributed by atoms with van der Waals surface area (Å²) in [4.78, 5) is 24.5. The van der Waals surface area contributed by atoms with Crippen LogP contribution in [-0.4, -0.2) is 49.8 Å². The van der Waals surface area contributed by atoms with Gasteiger partial charge in [-0.1, -0.05) is 56.0 Å². The smallest absolute Gasteiger partial charge is 0.246 e. The van der Waals surface area contributed by atoms with Gasteiger partial charge in [0, 0.05) is 6.54 Å². The van der Waals surface area contributed by atoms with Crippen LogP contribution in [0.2, 0.25) is 0 Å². The zero-order chi connectivity index (χ0) is 20.3. The van der Waals surface area contributed by atoms with Crippen LogP contribution in [0.4, 0.5) is 0 Å². The van der Waals surface area contributed by atoms with E-state index in [1.54, 1.807) is 0 Å². The Morgan fingerprint density at radius 1 is 0.862 bits per heavy atom. The fourth-order valence-electron chi connectivity index (χ4n) is 4.13. The number of hydrogen-bond donors (Lipinski definition) is 2. The number of benzene rings is 1. The van der Waals surface area contributed by atoms with Crippen LogP contribution in [0.3, 0.4) is 0 Å². The van der Waals surface area contributed by atoms with Gasteiger partial charge in [0.1, 0.15) is 13.2 Å². The Kier molecular flexibility index (Phi) is 8.96. The molecule has 2 fully saturated rings. The van der Waals surface area contributed by atoms with Gasteiger partial charge in [0.05, 0.1) is 18.2 Å². The van der Waals surface area contributed by atoms with Crippen molar-refractivity contribution in [2.75, 3.05) is 19.8 Å². The van der Waals surface area contributed by atoms with Crippen molar-refractivity contribution in [1.29, 1.82) is 0 Å². The molecule has 3 rings (SSSR count). The van der Waals surface area contributed by atoms with Crippen molar-refractivity contribution in [2.45, 2.75) is 76.0 Å². The fraction of sp³-hybridized carbons (Fsp3) is 0.652. The first-order valence-electron chi connectivity index (χ1n) is 11.0. The summed E-state index contributed by atoms with van der Waals surface area (Å²) in [5.74, 6) is -0.263. The Labute approximate surface area is 173 Å². The Morgan fingerprint density at radius 2 is 1.41 bits per heavy atom. The SMILES string of the molecule is O=C(COC1CCCC1)NC[C@H](Cc1ccccc1)NC(=O)COC1CCCC1. The Balaban J connectivity index is 1.44. The molecule has 0 saturated heterocycles. The lowest BCUT2D eigenvalue weighted by atomic mass is 10.1. The highest BCUT2D eigenvalue weighted by Gasteiger charge is 2.20. The summed E-state index contributed by atoms with van der Waals surface area (Å²) in [5.41, 5.74) is 1.12. The standard InChI is InChI=1S/C23H34N2O4/c26-22(16-28-20-10-4-5-11-20)24-15-19(14-18-8-2-1-3-9-18)25-23(27)17-29-21-12-6-7-13-21/h1-3,8-9,19-21H,4-7,10-17H2,(H,24,26)(H,25,27)/t19-/m0/s1. The Morgan fingerprint density at radius 3 is 2.00 bits per heavy atom. The highest BCUT2D eigenvalue weighted by atomic mass is 16.5. The molecule has 2 saturated carbocycles. The van der Waals surface area contributed by atoms with Crippen LogP contribution in [0, 0.1) is 0 Å². The molecule has 160 valence electrons. The van der Waals surface area contributed by atoms with E-state index < -0.39 is 0 Å². The molecule has 2 amide bonds. The lowest BCUT2D eigenvalue weighted by molar-refractivity contribution is -0.130. The lowest BCUT2D eigenvalue weighted by Crippen LogP contribution is -2.47. The largest absolute Gasteiger partial charge is 0.368 e. The van der Waals surface area contributed by atoms with E-state index in [0.29, 0.717) is 13.0 Å². The summed E-state index contributed by atoms with van der Waals surface area (Å²) in [6.07, 6.45) is 9.96. The number of carbonyl (C=O) groups is 2. The minimum Gasteiger partial charge on any atom is -0.368 e. The molecule has 29 heavy (non-hydrogen) atoms. The van der Waals surface area contributed by atoms with Gasteiger partial charge in [-0.05, 0) is 37.7 Å². The molecule has 0 bridgehead atoms. The number of hydrogen-bond acceptors (Lipinski definition) is 4. The summed E-state index contributed by atoms with van der Waals surface area (Å²) in [5, 5.41) is 5.93. The monoisotopic (exact) mass is 402 g/mol. The van der Waals surface area contributed by atoms with Crippen LogP contribution in [0.5, 0.6) is 0 Å². The van der Waals surface area contributed by atoms with Crippen LogP contribution in [0.1, 0.15) is 56.9 Å². The minimum absolute atomic E-state index is 0.0781. The summed E-state index contributed by atoms with van der Waals surface area (Å²) < 4.78 is 11.4. The number of nitrogens with one attached hydrogen (secondary N) is 2. The predicted octanol–water partition coefficient (Wildman–Crippen LogP) is 2.75.